The Balaban J connectivity index is 4.41. The summed E-state index contributed by atoms with van der Waals surface area (Å²) in [4.78, 5) is 38.3. The lowest BCUT2D eigenvalue weighted by molar-refractivity contribution is -0.167. The van der Waals surface area contributed by atoms with E-state index >= 15 is 0 Å². The average molecular weight is 1050 g/mol. The van der Waals surface area contributed by atoms with Crippen LogP contribution >= 0.6 is 0 Å². The Labute approximate surface area is 465 Å². The third-order valence-corrected chi connectivity index (χ3v) is 14.2. The van der Waals surface area contributed by atoms with Crippen LogP contribution in [0.5, 0.6) is 0 Å². The van der Waals surface area contributed by atoms with Crippen LogP contribution in [-0.4, -0.2) is 37.2 Å². The zero-order valence-electron chi connectivity index (χ0n) is 49.8. The smallest absolute Gasteiger partial charge is 0.306 e. The standard InChI is InChI=1S/C69H122O6/c1-4-7-10-13-16-19-22-25-28-31-34-36-38-41-44-47-50-53-56-59-62-68(71)74-65-66(64-73-67(70)61-58-55-52-49-46-43-40-37-33-30-27-24-21-18-15-12-9-6-3)75-69(72)63-60-57-54-51-48-45-42-39-35-32-29-26-23-20-17-14-11-8-5-2/h8,11,17,20,26,29-30,33,35,39,45,48,66H,4-7,9-10,12-16,18-19,21-25,27-28,31-32,34,36-38,40-44,46-47,49-65H2,1-3H3/b11-8-,20-17-,29-26-,33-30-,39-35-,48-45-. The van der Waals surface area contributed by atoms with Gasteiger partial charge in [0.15, 0.2) is 6.10 Å². The maximum Gasteiger partial charge on any atom is 0.306 e. The highest BCUT2D eigenvalue weighted by Gasteiger charge is 2.19. The summed E-state index contributed by atoms with van der Waals surface area (Å²) in [6, 6.07) is 0. The minimum atomic E-state index is -0.795. The highest BCUT2D eigenvalue weighted by Crippen LogP contribution is 2.17. The van der Waals surface area contributed by atoms with E-state index in [2.05, 4.69) is 93.7 Å². The number of carbonyl (C=O) groups is 3. The summed E-state index contributed by atoms with van der Waals surface area (Å²) in [7, 11) is 0. The first-order chi connectivity index (χ1) is 37.0. The Bertz CT molecular complexity index is 1390. The summed E-state index contributed by atoms with van der Waals surface area (Å²) < 4.78 is 16.9. The molecule has 0 bridgehead atoms. The van der Waals surface area contributed by atoms with E-state index in [1.807, 2.05) is 0 Å². The second kappa shape index (κ2) is 63.4. The van der Waals surface area contributed by atoms with Crippen molar-refractivity contribution in [2.24, 2.45) is 0 Å². The van der Waals surface area contributed by atoms with Gasteiger partial charge in [0.25, 0.3) is 0 Å². The second-order valence-corrected chi connectivity index (χ2v) is 21.6. The van der Waals surface area contributed by atoms with Crippen molar-refractivity contribution in [3.8, 4) is 0 Å². The SMILES string of the molecule is CC/C=C\C/C=C\C/C=C\C/C=C\C/C=C\CCCCCC(=O)OC(COC(=O)CCCCCCCCC/C=C\CCCCCCCCC)COC(=O)CCCCCCCCCCCCCCCCCCCCCC. The van der Waals surface area contributed by atoms with E-state index in [0.717, 1.165) is 96.3 Å². The number of rotatable bonds is 59. The maximum absolute atomic E-state index is 12.9. The molecule has 0 saturated heterocycles. The minimum absolute atomic E-state index is 0.0872. The number of esters is 3. The van der Waals surface area contributed by atoms with Crippen LogP contribution in [0.3, 0.4) is 0 Å². The van der Waals surface area contributed by atoms with Crippen LogP contribution < -0.4 is 0 Å². The largest absolute Gasteiger partial charge is 0.462 e. The van der Waals surface area contributed by atoms with Gasteiger partial charge in [-0.25, -0.2) is 0 Å². The normalized spacial score (nSPS) is 12.5. The Kier molecular flexibility index (Phi) is 60.7. The predicted molar refractivity (Wildman–Crippen MR) is 325 cm³/mol. The number of allylic oxidation sites excluding steroid dienone is 12. The van der Waals surface area contributed by atoms with Gasteiger partial charge in [0.2, 0.25) is 0 Å². The summed E-state index contributed by atoms with van der Waals surface area (Å²) in [5.74, 6) is -0.907. The number of unbranched alkanes of at least 4 members (excludes halogenated alkanes) is 36. The molecule has 0 radical (unpaired) electrons. The van der Waals surface area contributed by atoms with Gasteiger partial charge in [0.1, 0.15) is 13.2 Å². The van der Waals surface area contributed by atoms with E-state index in [1.165, 1.54) is 193 Å². The Hall–Kier alpha value is -3.15. The highest BCUT2D eigenvalue weighted by atomic mass is 16.6. The van der Waals surface area contributed by atoms with Gasteiger partial charge in [-0.05, 0) is 89.9 Å². The first-order valence-corrected chi connectivity index (χ1v) is 32.4. The molecule has 0 heterocycles. The van der Waals surface area contributed by atoms with Gasteiger partial charge in [0, 0.05) is 19.3 Å². The Morgan fingerprint density at radius 1 is 0.280 bits per heavy atom. The molecule has 0 saturated carbocycles. The van der Waals surface area contributed by atoms with E-state index in [0.29, 0.717) is 19.3 Å². The van der Waals surface area contributed by atoms with Crippen molar-refractivity contribution in [3.05, 3.63) is 72.9 Å². The molecule has 1 atom stereocenters. The third kappa shape index (κ3) is 61.6. The van der Waals surface area contributed by atoms with Gasteiger partial charge in [0.05, 0.1) is 0 Å². The van der Waals surface area contributed by atoms with Crippen LogP contribution in [0.1, 0.15) is 329 Å². The van der Waals surface area contributed by atoms with Gasteiger partial charge in [-0.2, -0.15) is 0 Å². The predicted octanol–water partition coefficient (Wildman–Crippen LogP) is 22.1. The van der Waals surface area contributed by atoms with E-state index in [-0.39, 0.29) is 31.1 Å². The molecule has 1 unspecified atom stereocenters. The van der Waals surface area contributed by atoms with E-state index < -0.39 is 6.10 Å². The quantitative estimate of drug-likeness (QED) is 0.0261. The zero-order chi connectivity index (χ0) is 54.3. The van der Waals surface area contributed by atoms with Gasteiger partial charge in [-0.1, -0.05) is 293 Å². The molecule has 0 aromatic carbocycles. The van der Waals surface area contributed by atoms with Gasteiger partial charge in [-0.3, -0.25) is 14.4 Å². The van der Waals surface area contributed by atoms with Crippen molar-refractivity contribution in [1.82, 2.24) is 0 Å². The Morgan fingerprint density at radius 3 is 0.840 bits per heavy atom. The fourth-order valence-electron chi connectivity index (χ4n) is 9.35. The van der Waals surface area contributed by atoms with Gasteiger partial charge >= 0.3 is 17.9 Å². The number of ether oxygens (including phenoxy) is 3. The lowest BCUT2D eigenvalue weighted by Crippen LogP contribution is -2.30. The average Bonchev–Trinajstić information content (AvgIpc) is 3.41. The molecule has 0 aromatic rings. The first-order valence-electron chi connectivity index (χ1n) is 32.4. The molecular weight excluding hydrogens is 925 g/mol. The van der Waals surface area contributed by atoms with E-state index in [1.54, 1.807) is 0 Å². The summed E-state index contributed by atoms with van der Waals surface area (Å²) in [5.41, 5.74) is 0. The van der Waals surface area contributed by atoms with Crippen LogP contribution in [0.25, 0.3) is 0 Å². The lowest BCUT2D eigenvalue weighted by Gasteiger charge is -2.18. The van der Waals surface area contributed by atoms with Crippen LogP contribution in [0, 0.1) is 0 Å². The topological polar surface area (TPSA) is 78.9 Å². The molecule has 6 heteroatoms. The fraction of sp³-hybridized carbons (Fsp3) is 0.783. The number of hydrogen-bond donors (Lipinski definition) is 0. The lowest BCUT2D eigenvalue weighted by atomic mass is 10.0. The summed E-state index contributed by atoms with van der Waals surface area (Å²) in [6.45, 7) is 6.54. The molecule has 0 aromatic heterocycles. The number of carbonyl (C=O) groups excluding carboxylic acids is 3. The van der Waals surface area contributed by atoms with Crippen LogP contribution in [0.15, 0.2) is 72.9 Å². The molecule has 75 heavy (non-hydrogen) atoms. The van der Waals surface area contributed by atoms with Crippen LogP contribution in [0.4, 0.5) is 0 Å². The molecule has 0 aliphatic rings. The van der Waals surface area contributed by atoms with Crippen molar-refractivity contribution >= 4 is 17.9 Å². The number of hydrogen-bond acceptors (Lipinski definition) is 6. The monoisotopic (exact) mass is 1050 g/mol. The van der Waals surface area contributed by atoms with Gasteiger partial charge < -0.3 is 14.2 Å². The van der Waals surface area contributed by atoms with Gasteiger partial charge in [-0.15, -0.1) is 0 Å². The molecule has 0 aliphatic heterocycles. The van der Waals surface area contributed by atoms with Crippen molar-refractivity contribution in [1.29, 1.82) is 0 Å². The molecule has 434 valence electrons. The second-order valence-electron chi connectivity index (χ2n) is 21.6. The summed E-state index contributed by atoms with van der Waals surface area (Å²) in [6.07, 6.45) is 81.9. The third-order valence-electron chi connectivity index (χ3n) is 14.2. The Morgan fingerprint density at radius 2 is 0.520 bits per heavy atom. The van der Waals surface area contributed by atoms with Crippen LogP contribution in [0.2, 0.25) is 0 Å². The summed E-state index contributed by atoms with van der Waals surface area (Å²) in [5, 5.41) is 0. The first kappa shape index (κ1) is 71.8. The minimum Gasteiger partial charge on any atom is -0.462 e. The van der Waals surface area contributed by atoms with E-state index in [4.69, 9.17) is 14.2 Å². The van der Waals surface area contributed by atoms with Crippen LogP contribution in [-0.2, 0) is 28.6 Å². The highest BCUT2D eigenvalue weighted by molar-refractivity contribution is 5.71. The fourth-order valence-corrected chi connectivity index (χ4v) is 9.35. The van der Waals surface area contributed by atoms with Crippen molar-refractivity contribution in [2.45, 2.75) is 335 Å². The van der Waals surface area contributed by atoms with E-state index in [9.17, 15) is 14.4 Å². The molecule has 0 spiro atoms. The van der Waals surface area contributed by atoms with Crippen molar-refractivity contribution in [2.75, 3.05) is 13.2 Å². The molecule has 0 amide bonds. The molecular formula is C69H122O6. The molecule has 0 aliphatic carbocycles. The summed E-state index contributed by atoms with van der Waals surface area (Å²) >= 11 is 0. The van der Waals surface area contributed by atoms with Crippen molar-refractivity contribution < 1.29 is 28.6 Å². The molecule has 0 rings (SSSR count). The molecule has 0 N–H and O–H groups in total. The van der Waals surface area contributed by atoms with Crippen molar-refractivity contribution in [3.63, 3.8) is 0 Å². The zero-order valence-corrected chi connectivity index (χ0v) is 49.8. The molecule has 6 nitrogen and oxygen atoms in total. The molecule has 0 fully saturated rings. The maximum atomic E-state index is 12.9.